The van der Waals surface area contributed by atoms with Crippen LogP contribution in [0, 0.1) is 0 Å². The van der Waals surface area contributed by atoms with Gasteiger partial charge in [0, 0.05) is 12.2 Å². The number of anilines is 1. The van der Waals surface area contributed by atoms with E-state index in [4.69, 9.17) is 10.5 Å². The number of rotatable bonds is 5. The van der Waals surface area contributed by atoms with Crippen molar-refractivity contribution in [1.82, 2.24) is 0 Å². The van der Waals surface area contributed by atoms with E-state index < -0.39 is 6.10 Å². The number of para-hydroxylation sites is 1. The van der Waals surface area contributed by atoms with Gasteiger partial charge in [-0.2, -0.15) is 0 Å². The highest BCUT2D eigenvalue weighted by molar-refractivity contribution is 5.93. The Morgan fingerprint density at radius 3 is 2.55 bits per heavy atom. The van der Waals surface area contributed by atoms with E-state index in [2.05, 4.69) is 5.32 Å². The zero-order chi connectivity index (χ0) is 14.4. The molecule has 1 atom stereocenters. The summed E-state index contributed by atoms with van der Waals surface area (Å²) in [4.78, 5) is 12.2. The van der Waals surface area contributed by atoms with E-state index in [0.717, 1.165) is 31.4 Å². The van der Waals surface area contributed by atoms with Crippen LogP contribution >= 0.6 is 0 Å². The van der Waals surface area contributed by atoms with E-state index in [-0.39, 0.29) is 11.5 Å². The Kier molecular flexibility index (Phi) is 5.15. The van der Waals surface area contributed by atoms with Gasteiger partial charge in [-0.05, 0) is 31.9 Å². The van der Waals surface area contributed by atoms with E-state index in [1.165, 1.54) is 6.42 Å². The molecule has 20 heavy (non-hydrogen) atoms. The van der Waals surface area contributed by atoms with Crippen molar-refractivity contribution in [2.45, 2.75) is 50.7 Å². The molecule has 0 spiro atoms. The van der Waals surface area contributed by atoms with E-state index in [9.17, 15) is 4.79 Å². The summed E-state index contributed by atoms with van der Waals surface area (Å²) in [5.41, 5.74) is 6.36. The van der Waals surface area contributed by atoms with Gasteiger partial charge in [0.1, 0.15) is 6.10 Å². The van der Waals surface area contributed by atoms with E-state index in [1.807, 2.05) is 30.3 Å². The maximum absolute atomic E-state index is 12.2. The first-order chi connectivity index (χ1) is 9.65. The summed E-state index contributed by atoms with van der Waals surface area (Å²) in [5.74, 6) is -0.116. The Balaban J connectivity index is 1.93. The molecule has 2 rings (SSSR count). The van der Waals surface area contributed by atoms with Crippen molar-refractivity contribution in [3.05, 3.63) is 30.3 Å². The van der Waals surface area contributed by atoms with Crippen molar-refractivity contribution < 1.29 is 9.53 Å². The van der Waals surface area contributed by atoms with Crippen LogP contribution in [-0.4, -0.2) is 24.2 Å². The summed E-state index contributed by atoms with van der Waals surface area (Å²) < 4.78 is 6.03. The highest BCUT2D eigenvalue weighted by Crippen LogP contribution is 2.32. The molecular formula is C16H24N2O2. The minimum Gasteiger partial charge on any atom is -0.361 e. The number of hydrogen-bond acceptors (Lipinski definition) is 3. The van der Waals surface area contributed by atoms with Gasteiger partial charge in [-0.25, -0.2) is 0 Å². The molecule has 1 fully saturated rings. The lowest BCUT2D eigenvalue weighted by atomic mass is 9.84. The predicted octanol–water partition coefficient (Wildman–Crippen LogP) is 2.69. The third-order valence-electron chi connectivity index (χ3n) is 3.97. The molecular weight excluding hydrogens is 252 g/mol. The van der Waals surface area contributed by atoms with Gasteiger partial charge in [0.05, 0.1) is 5.60 Å². The third kappa shape index (κ3) is 3.81. The van der Waals surface area contributed by atoms with Crippen molar-refractivity contribution >= 4 is 11.6 Å². The number of benzene rings is 1. The molecule has 110 valence electrons. The van der Waals surface area contributed by atoms with Gasteiger partial charge in [0.25, 0.3) is 5.91 Å². The Morgan fingerprint density at radius 2 is 1.95 bits per heavy atom. The molecule has 0 aliphatic heterocycles. The molecule has 0 saturated heterocycles. The monoisotopic (exact) mass is 276 g/mol. The second kappa shape index (κ2) is 6.86. The molecule has 0 bridgehead atoms. The van der Waals surface area contributed by atoms with Crippen LogP contribution in [-0.2, 0) is 9.53 Å². The van der Waals surface area contributed by atoms with Crippen LogP contribution < -0.4 is 11.1 Å². The Morgan fingerprint density at radius 1 is 1.30 bits per heavy atom. The van der Waals surface area contributed by atoms with Gasteiger partial charge in [-0.15, -0.1) is 0 Å². The fraction of sp³-hybridized carbons (Fsp3) is 0.562. The Labute approximate surface area is 120 Å². The first-order valence-corrected chi connectivity index (χ1v) is 7.39. The zero-order valence-electron chi connectivity index (χ0n) is 12.1. The third-order valence-corrected chi connectivity index (χ3v) is 3.97. The predicted molar refractivity (Wildman–Crippen MR) is 80.5 cm³/mol. The average molecular weight is 276 g/mol. The van der Waals surface area contributed by atoms with Crippen molar-refractivity contribution in [2.24, 2.45) is 5.73 Å². The van der Waals surface area contributed by atoms with Crippen molar-refractivity contribution in [1.29, 1.82) is 0 Å². The lowest BCUT2D eigenvalue weighted by molar-refractivity contribution is -0.144. The lowest BCUT2D eigenvalue weighted by Crippen LogP contribution is -2.47. The van der Waals surface area contributed by atoms with Crippen LogP contribution in [0.5, 0.6) is 0 Å². The first-order valence-electron chi connectivity index (χ1n) is 7.39. The second-order valence-corrected chi connectivity index (χ2v) is 5.56. The number of nitrogens with two attached hydrogens (primary N) is 1. The van der Waals surface area contributed by atoms with E-state index in [0.29, 0.717) is 6.54 Å². The summed E-state index contributed by atoms with van der Waals surface area (Å²) >= 11 is 0. The van der Waals surface area contributed by atoms with Crippen LogP contribution in [0.15, 0.2) is 30.3 Å². The fourth-order valence-corrected chi connectivity index (χ4v) is 2.76. The molecule has 4 heteroatoms. The molecule has 1 aromatic rings. The largest absolute Gasteiger partial charge is 0.361 e. The SMILES string of the molecule is CC(OC1(CN)CCCCC1)C(=O)Nc1ccccc1. The Hall–Kier alpha value is -1.39. The van der Waals surface area contributed by atoms with Gasteiger partial charge in [0.15, 0.2) is 0 Å². The molecule has 3 N–H and O–H groups in total. The summed E-state index contributed by atoms with van der Waals surface area (Å²) in [6.07, 6.45) is 4.90. The topological polar surface area (TPSA) is 64.3 Å². The van der Waals surface area contributed by atoms with Gasteiger partial charge < -0.3 is 15.8 Å². The smallest absolute Gasteiger partial charge is 0.253 e. The molecule has 0 heterocycles. The summed E-state index contributed by atoms with van der Waals surface area (Å²) in [6, 6.07) is 9.43. The molecule has 1 aromatic carbocycles. The minimum atomic E-state index is -0.489. The van der Waals surface area contributed by atoms with Crippen LogP contribution in [0.1, 0.15) is 39.0 Å². The normalized spacial score (nSPS) is 19.3. The quantitative estimate of drug-likeness (QED) is 0.869. The van der Waals surface area contributed by atoms with Crippen LogP contribution in [0.2, 0.25) is 0 Å². The number of nitrogens with one attached hydrogen (secondary N) is 1. The molecule has 1 amide bonds. The minimum absolute atomic E-state index is 0.116. The van der Waals surface area contributed by atoms with Crippen LogP contribution in [0.25, 0.3) is 0 Å². The highest BCUT2D eigenvalue weighted by Gasteiger charge is 2.34. The van der Waals surface area contributed by atoms with Crippen LogP contribution in [0.4, 0.5) is 5.69 Å². The Bertz CT molecular complexity index is 427. The molecule has 0 aromatic heterocycles. The summed E-state index contributed by atoms with van der Waals surface area (Å²) in [5, 5.41) is 2.87. The molecule has 1 unspecified atom stereocenters. The maximum Gasteiger partial charge on any atom is 0.253 e. The van der Waals surface area contributed by atoms with Crippen molar-refractivity contribution in [3.8, 4) is 0 Å². The van der Waals surface area contributed by atoms with Gasteiger partial charge in [-0.3, -0.25) is 4.79 Å². The molecule has 1 aliphatic rings. The van der Waals surface area contributed by atoms with Crippen LogP contribution in [0.3, 0.4) is 0 Å². The van der Waals surface area contributed by atoms with Crippen molar-refractivity contribution in [3.63, 3.8) is 0 Å². The van der Waals surface area contributed by atoms with E-state index >= 15 is 0 Å². The number of carbonyl (C=O) groups excluding carboxylic acids is 1. The van der Waals surface area contributed by atoms with E-state index in [1.54, 1.807) is 6.92 Å². The number of hydrogen-bond donors (Lipinski definition) is 2. The number of ether oxygens (including phenoxy) is 1. The second-order valence-electron chi connectivity index (χ2n) is 5.56. The standard InChI is InChI=1S/C16H24N2O2/c1-13(15(19)18-14-8-4-2-5-9-14)20-16(12-17)10-6-3-7-11-16/h2,4-5,8-9,13H,3,6-7,10-12,17H2,1H3,(H,18,19). The fourth-order valence-electron chi connectivity index (χ4n) is 2.76. The van der Waals surface area contributed by atoms with Gasteiger partial charge in [0.2, 0.25) is 0 Å². The molecule has 1 aliphatic carbocycles. The lowest BCUT2D eigenvalue weighted by Gasteiger charge is -2.38. The van der Waals surface area contributed by atoms with Gasteiger partial charge >= 0.3 is 0 Å². The average Bonchev–Trinajstić information content (AvgIpc) is 2.49. The molecule has 1 saturated carbocycles. The zero-order valence-corrected chi connectivity index (χ0v) is 12.1. The number of carbonyl (C=O) groups is 1. The molecule has 4 nitrogen and oxygen atoms in total. The maximum atomic E-state index is 12.2. The van der Waals surface area contributed by atoms with Gasteiger partial charge in [-0.1, -0.05) is 37.5 Å². The summed E-state index contributed by atoms with van der Waals surface area (Å²) in [6.45, 7) is 2.28. The number of amides is 1. The first kappa shape index (κ1) is 15.0. The highest BCUT2D eigenvalue weighted by atomic mass is 16.5. The molecule has 0 radical (unpaired) electrons. The summed E-state index contributed by atoms with van der Waals surface area (Å²) in [7, 11) is 0. The van der Waals surface area contributed by atoms with Crippen molar-refractivity contribution in [2.75, 3.05) is 11.9 Å².